The third-order valence-electron chi connectivity index (χ3n) is 2.56. The number of nitrogens with one attached hydrogen (secondary N) is 1. The number of rotatable bonds is 7. The number of sulfonamides is 1. The molecule has 4 nitrogen and oxygen atoms in total. The molecule has 1 rings (SSSR count). The molecule has 0 amide bonds. The Morgan fingerprint density at radius 2 is 1.94 bits per heavy atom. The smallest absolute Gasteiger partial charge is 0.212 e. The van der Waals surface area contributed by atoms with Gasteiger partial charge in [0.05, 0.1) is 5.75 Å². The van der Waals surface area contributed by atoms with Crippen molar-refractivity contribution in [3.05, 3.63) is 30.1 Å². The van der Waals surface area contributed by atoms with Crippen LogP contribution in [0.2, 0.25) is 0 Å². The molecule has 0 atom stereocenters. The van der Waals surface area contributed by atoms with E-state index < -0.39 is 15.6 Å². The second kappa shape index (κ2) is 6.63. The monoisotopic (exact) mass is 334 g/mol. The lowest BCUT2D eigenvalue weighted by molar-refractivity contribution is 0.443. The number of hydrogen-bond acceptors (Lipinski definition) is 3. The van der Waals surface area contributed by atoms with E-state index in [1.807, 2.05) is 26.0 Å². The largest absolute Gasteiger partial charge is 0.265 e. The maximum absolute atomic E-state index is 12.0. The first kappa shape index (κ1) is 15.6. The van der Waals surface area contributed by atoms with Gasteiger partial charge in [0.1, 0.15) is 0 Å². The minimum atomic E-state index is -3.25. The zero-order chi connectivity index (χ0) is 13.6. The summed E-state index contributed by atoms with van der Waals surface area (Å²) in [5.74, 6) is 0.0999. The van der Waals surface area contributed by atoms with Crippen LogP contribution in [-0.4, -0.2) is 30.0 Å². The van der Waals surface area contributed by atoms with Crippen molar-refractivity contribution in [3.63, 3.8) is 0 Å². The Morgan fingerprint density at radius 1 is 1.33 bits per heavy atom. The summed E-state index contributed by atoms with van der Waals surface area (Å²) in [6.45, 7) is 3.77. The van der Waals surface area contributed by atoms with E-state index in [0.29, 0.717) is 6.42 Å². The van der Waals surface area contributed by atoms with Gasteiger partial charge in [-0.1, -0.05) is 15.9 Å². The Balaban J connectivity index is 2.55. The van der Waals surface area contributed by atoms with E-state index >= 15 is 0 Å². The second-order valence-corrected chi connectivity index (χ2v) is 7.48. The minimum absolute atomic E-state index is 0.0999. The van der Waals surface area contributed by atoms with Gasteiger partial charge in [-0.15, -0.1) is 0 Å². The van der Waals surface area contributed by atoms with E-state index in [0.717, 1.165) is 17.3 Å². The third kappa shape index (κ3) is 5.93. The van der Waals surface area contributed by atoms with Crippen LogP contribution in [0.4, 0.5) is 0 Å². The summed E-state index contributed by atoms with van der Waals surface area (Å²) in [6.07, 6.45) is 4.60. The van der Waals surface area contributed by atoms with Gasteiger partial charge < -0.3 is 0 Å². The normalized spacial score (nSPS) is 12.6. The number of aryl methyl sites for hydroxylation is 1. The summed E-state index contributed by atoms with van der Waals surface area (Å²) < 4.78 is 26.6. The van der Waals surface area contributed by atoms with Crippen LogP contribution < -0.4 is 4.72 Å². The molecular formula is C12H19BrN2O2S. The molecule has 1 aromatic heterocycles. The molecular weight excluding hydrogens is 316 g/mol. The number of halogens is 1. The van der Waals surface area contributed by atoms with Crippen molar-refractivity contribution < 1.29 is 8.42 Å². The number of alkyl halides is 1. The van der Waals surface area contributed by atoms with Crippen molar-refractivity contribution in [2.24, 2.45) is 0 Å². The third-order valence-corrected chi connectivity index (χ3v) is 4.56. The molecule has 0 fully saturated rings. The lowest BCUT2D eigenvalue weighted by atomic mass is 10.0. The quantitative estimate of drug-likeness (QED) is 0.777. The Kier molecular flexibility index (Phi) is 5.75. The first-order valence-electron chi connectivity index (χ1n) is 5.81. The van der Waals surface area contributed by atoms with Gasteiger partial charge >= 0.3 is 0 Å². The van der Waals surface area contributed by atoms with E-state index in [-0.39, 0.29) is 5.75 Å². The molecule has 1 aromatic rings. The lowest BCUT2D eigenvalue weighted by Crippen LogP contribution is -2.44. The van der Waals surface area contributed by atoms with Gasteiger partial charge in [0.2, 0.25) is 10.0 Å². The predicted molar refractivity (Wildman–Crippen MR) is 77.4 cm³/mol. The first-order valence-corrected chi connectivity index (χ1v) is 8.58. The number of pyridine rings is 1. The van der Waals surface area contributed by atoms with Crippen molar-refractivity contribution in [2.75, 3.05) is 11.1 Å². The summed E-state index contributed by atoms with van der Waals surface area (Å²) in [5.41, 5.74) is 0.564. The molecule has 1 N–H and O–H groups in total. The van der Waals surface area contributed by atoms with E-state index in [1.165, 1.54) is 0 Å². The van der Waals surface area contributed by atoms with Crippen LogP contribution in [0.15, 0.2) is 24.5 Å². The fraction of sp³-hybridized carbons (Fsp3) is 0.583. The van der Waals surface area contributed by atoms with Crippen LogP contribution in [0.5, 0.6) is 0 Å². The van der Waals surface area contributed by atoms with Crippen molar-refractivity contribution in [2.45, 2.75) is 32.2 Å². The highest BCUT2D eigenvalue weighted by Gasteiger charge is 2.23. The number of aromatic nitrogens is 1. The molecule has 0 saturated heterocycles. The Labute approximate surface area is 117 Å². The van der Waals surface area contributed by atoms with Crippen LogP contribution in [0.1, 0.15) is 25.8 Å². The highest BCUT2D eigenvalue weighted by atomic mass is 79.9. The molecule has 0 aliphatic rings. The summed E-state index contributed by atoms with van der Waals surface area (Å²) in [7, 11) is -3.25. The first-order chi connectivity index (χ1) is 8.35. The van der Waals surface area contributed by atoms with Crippen LogP contribution in [0, 0.1) is 0 Å². The van der Waals surface area contributed by atoms with Gasteiger partial charge in [-0.3, -0.25) is 4.98 Å². The molecule has 1 heterocycles. The fourth-order valence-electron chi connectivity index (χ4n) is 1.56. The molecule has 0 aliphatic heterocycles. The summed E-state index contributed by atoms with van der Waals surface area (Å²) >= 11 is 3.33. The Morgan fingerprint density at radius 3 is 2.50 bits per heavy atom. The highest BCUT2D eigenvalue weighted by Crippen LogP contribution is 2.12. The molecule has 102 valence electrons. The van der Waals surface area contributed by atoms with Gasteiger partial charge in [0, 0.05) is 23.3 Å². The summed E-state index contributed by atoms with van der Waals surface area (Å²) in [5, 5.41) is 0.771. The molecule has 0 saturated carbocycles. The van der Waals surface area contributed by atoms with E-state index in [4.69, 9.17) is 0 Å². The fourth-order valence-corrected chi connectivity index (χ4v) is 4.10. The SMILES string of the molecule is CC(C)(CCBr)NS(=O)(=O)CCc1ccncc1. The molecule has 0 spiro atoms. The van der Waals surface area contributed by atoms with Crippen LogP contribution in [0.3, 0.4) is 0 Å². The van der Waals surface area contributed by atoms with Crippen molar-refractivity contribution in [1.82, 2.24) is 9.71 Å². The Hall–Kier alpha value is -0.460. The van der Waals surface area contributed by atoms with Crippen molar-refractivity contribution in [1.29, 1.82) is 0 Å². The van der Waals surface area contributed by atoms with E-state index in [9.17, 15) is 8.42 Å². The van der Waals surface area contributed by atoms with Crippen molar-refractivity contribution >= 4 is 26.0 Å². The van der Waals surface area contributed by atoms with Crippen LogP contribution >= 0.6 is 15.9 Å². The van der Waals surface area contributed by atoms with Crippen molar-refractivity contribution in [3.8, 4) is 0 Å². The van der Waals surface area contributed by atoms with Gasteiger partial charge in [-0.2, -0.15) is 0 Å². The van der Waals surface area contributed by atoms with Gasteiger partial charge in [0.15, 0.2) is 0 Å². The highest BCUT2D eigenvalue weighted by molar-refractivity contribution is 9.09. The number of hydrogen-bond donors (Lipinski definition) is 1. The maximum Gasteiger partial charge on any atom is 0.212 e. The molecule has 0 aliphatic carbocycles. The predicted octanol–water partition coefficient (Wildman–Crippen LogP) is 2.11. The number of nitrogens with zero attached hydrogens (tertiary/aromatic N) is 1. The topological polar surface area (TPSA) is 59.1 Å². The Bertz CT molecular complexity index is 460. The molecule has 0 bridgehead atoms. The minimum Gasteiger partial charge on any atom is -0.265 e. The van der Waals surface area contributed by atoms with E-state index in [1.54, 1.807) is 12.4 Å². The maximum atomic E-state index is 12.0. The van der Waals surface area contributed by atoms with Gasteiger partial charge in [0.25, 0.3) is 0 Å². The average Bonchev–Trinajstić information content (AvgIpc) is 2.26. The summed E-state index contributed by atoms with van der Waals surface area (Å²) in [4.78, 5) is 3.90. The molecule has 0 unspecified atom stereocenters. The summed E-state index contributed by atoms with van der Waals surface area (Å²) in [6, 6.07) is 3.66. The standard InChI is InChI=1S/C12H19BrN2O2S/c1-12(2,6-7-13)15-18(16,17)10-5-11-3-8-14-9-4-11/h3-4,8-9,15H,5-7,10H2,1-2H3. The second-order valence-electron chi connectivity index (χ2n) is 4.85. The zero-order valence-corrected chi connectivity index (χ0v) is 13.1. The van der Waals surface area contributed by atoms with E-state index in [2.05, 4.69) is 25.6 Å². The average molecular weight is 335 g/mol. The van der Waals surface area contributed by atoms with Gasteiger partial charge in [-0.25, -0.2) is 13.1 Å². The zero-order valence-electron chi connectivity index (χ0n) is 10.7. The lowest BCUT2D eigenvalue weighted by Gasteiger charge is -2.25. The van der Waals surface area contributed by atoms with Crippen LogP contribution in [0.25, 0.3) is 0 Å². The molecule has 0 radical (unpaired) electrons. The molecule has 18 heavy (non-hydrogen) atoms. The molecule has 0 aromatic carbocycles. The van der Waals surface area contributed by atoms with Gasteiger partial charge in [-0.05, 0) is 44.4 Å². The molecule has 6 heteroatoms. The van der Waals surface area contributed by atoms with Crippen LogP contribution in [-0.2, 0) is 16.4 Å².